The highest BCUT2D eigenvalue weighted by molar-refractivity contribution is 5.86. The lowest BCUT2D eigenvalue weighted by Crippen LogP contribution is -2.22. The molecule has 9 nitrogen and oxygen atoms in total. The van der Waals surface area contributed by atoms with Crippen molar-refractivity contribution in [1.29, 1.82) is 0 Å². The Bertz CT molecular complexity index is 1150. The van der Waals surface area contributed by atoms with Crippen LogP contribution in [0.5, 0.6) is 11.5 Å². The molecule has 4 aromatic rings. The molecule has 0 spiro atoms. The number of hydrogen-bond acceptors (Lipinski definition) is 7. The fourth-order valence-corrected chi connectivity index (χ4v) is 2.91. The summed E-state index contributed by atoms with van der Waals surface area (Å²) in [6.07, 6.45) is 2.09. The lowest BCUT2D eigenvalue weighted by atomic mass is 10.2. The molecule has 2 aromatic heterocycles. The molecule has 2 heterocycles. The molecule has 0 aliphatic carbocycles. The van der Waals surface area contributed by atoms with Gasteiger partial charge in [-0.15, -0.1) is 0 Å². The zero-order valence-electron chi connectivity index (χ0n) is 16.0. The average molecular weight is 393 g/mol. The van der Waals surface area contributed by atoms with Crippen molar-refractivity contribution < 1.29 is 18.8 Å². The van der Waals surface area contributed by atoms with E-state index in [4.69, 9.17) is 14.0 Å². The predicted molar refractivity (Wildman–Crippen MR) is 105 cm³/mol. The van der Waals surface area contributed by atoms with Crippen molar-refractivity contribution in [3.05, 3.63) is 54.7 Å². The molecule has 0 bridgehead atoms. The Morgan fingerprint density at radius 3 is 2.79 bits per heavy atom. The van der Waals surface area contributed by atoms with Crippen molar-refractivity contribution in [3.8, 4) is 22.9 Å². The van der Waals surface area contributed by atoms with Gasteiger partial charge in [0.15, 0.2) is 11.5 Å². The molecule has 0 atom stereocenters. The Kier molecular flexibility index (Phi) is 5.10. The third-order valence-electron chi connectivity index (χ3n) is 4.37. The lowest BCUT2D eigenvalue weighted by Gasteiger charge is -2.07. The number of fused-ring (bicyclic) bond motifs is 1. The summed E-state index contributed by atoms with van der Waals surface area (Å²) in [6.45, 7) is 0. The first kappa shape index (κ1) is 18.5. The molecule has 0 unspecified atom stereocenters. The molecule has 1 N–H and O–H groups in total. The zero-order valence-corrected chi connectivity index (χ0v) is 16.0. The van der Waals surface area contributed by atoms with Gasteiger partial charge in [-0.1, -0.05) is 17.3 Å². The number of ether oxygens (including phenoxy) is 2. The van der Waals surface area contributed by atoms with Crippen LogP contribution in [0.2, 0.25) is 0 Å². The number of benzene rings is 2. The van der Waals surface area contributed by atoms with Crippen LogP contribution < -0.4 is 14.9 Å². The van der Waals surface area contributed by atoms with E-state index in [-0.39, 0.29) is 12.3 Å². The number of aromatic nitrogens is 4. The number of imidazole rings is 1. The van der Waals surface area contributed by atoms with Gasteiger partial charge in [-0.3, -0.25) is 10.2 Å². The molecule has 0 aliphatic rings. The maximum absolute atomic E-state index is 12.3. The number of para-hydroxylation sites is 2. The van der Waals surface area contributed by atoms with Gasteiger partial charge in [0.05, 0.1) is 25.3 Å². The minimum Gasteiger partial charge on any atom is -0.493 e. The van der Waals surface area contributed by atoms with E-state index in [9.17, 15) is 4.79 Å². The van der Waals surface area contributed by atoms with E-state index in [1.165, 1.54) is 0 Å². The Morgan fingerprint density at radius 2 is 1.97 bits per heavy atom. The van der Waals surface area contributed by atoms with E-state index >= 15 is 0 Å². The smallest absolute Gasteiger partial charge is 0.239 e. The van der Waals surface area contributed by atoms with Gasteiger partial charge in [-0.05, 0) is 30.3 Å². The van der Waals surface area contributed by atoms with Crippen LogP contribution in [-0.2, 0) is 11.2 Å². The molecule has 2 aromatic carbocycles. The Hall–Kier alpha value is -3.88. The van der Waals surface area contributed by atoms with Crippen molar-refractivity contribution in [2.75, 3.05) is 19.6 Å². The molecule has 4 rings (SSSR count). The summed E-state index contributed by atoms with van der Waals surface area (Å²) in [5.41, 5.74) is 5.16. The largest absolute Gasteiger partial charge is 0.493 e. The van der Waals surface area contributed by atoms with Crippen molar-refractivity contribution >= 4 is 16.9 Å². The van der Waals surface area contributed by atoms with Gasteiger partial charge in [-0.25, -0.2) is 9.66 Å². The second-order valence-corrected chi connectivity index (χ2v) is 6.22. The average Bonchev–Trinajstić information content (AvgIpc) is 3.39. The molecular weight excluding hydrogens is 374 g/mol. The minimum absolute atomic E-state index is 0.181. The van der Waals surface area contributed by atoms with E-state index in [1.54, 1.807) is 37.4 Å². The number of nitrogens with one attached hydrogen (secondary N) is 1. The Balaban J connectivity index is 1.40. The topological polar surface area (TPSA) is 104 Å². The van der Waals surface area contributed by atoms with Crippen LogP contribution in [0.25, 0.3) is 22.4 Å². The van der Waals surface area contributed by atoms with Crippen molar-refractivity contribution in [2.24, 2.45) is 0 Å². The third-order valence-corrected chi connectivity index (χ3v) is 4.37. The number of nitrogens with zero attached hydrogens (tertiary/aromatic N) is 4. The molecule has 9 heteroatoms. The third kappa shape index (κ3) is 3.88. The molecule has 29 heavy (non-hydrogen) atoms. The highest BCUT2D eigenvalue weighted by Crippen LogP contribution is 2.31. The van der Waals surface area contributed by atoms with E-state index in [0.29, 0.717) is 29.6 Å². The van der Waals surface area contributed by atoms with Crippen molar-refractivity contribution in [2.45, 2.75) is 12.8 Å². The van der Waals surface area contributed by atoms with Crippen LogP contribution in [0.15, 0.2) is 53.3 Å². The summed E-state index contributed by atoms with van der Waals surface area (Å²) in [7, 11) is 3.13. The Morgan fingerprint density at radius 1 is 1.14 bits per heavy atom. The number of hydrogen-bond donors (Lipinski definition) is 1. The standard InChI is InChI=1S/C20H19N5O4/c1-27-16-8-7-13(11-17(16)28-2)20-22-19(29-24-20)10-9-18(26)23-25-12-21-14-5-3-4-6-15(14)25/h3-8,11-12H,9-10H2,1-2H3,(H,23,26). The summed E-state index contributed by atoms with van der Waals surface area (Å²) in [5, 5.41) is 3.98. The maximum atomic E-state index is 12.3. The fourth-order valence-electron chi connectivity index (χ4n) is 2.91. The first-order valence-electron chi connectivity index (χ1n) is 8.95. The van der Waals surface area contributed by atoms with Crippen molar-refractivity contribution in [3.63, 3.8) is 0 Å². The normalized spacial score (nSPS) is 10.8. The monoisotopic (exact) mass is 393 g/mol. The quantitative estimate of drug-likeness (QED) is 0.515. The molecule has 148 valence electrons. The van der Waals surface area contributed by atoms with Gasteiger partial charge in [0.25, 0.3) is 0 Å². The number of methoxy groups -OCH3 is 2. The summed E-state index contributed by atoms with van der Waals surface area (Å²) in [6, 6.07) is 12.9. The van der Waals surface area contributed by atoms with Crippen LogP contribution in [0.3, 0.4) is 0 Å². The van der Waals surface area contributed by atoms with Gasteiger partial charge in [0, 0.05) is 18.4 Å². The van der Waals surface area contributed by atoms with Gasteiger partial charge < -0.3 is 14.0 Å². The number of carbonyl (C=O) groups excluding carboxylic acids is 1. The summed E-state index contributed by atoms with van der Waals surface area (Å²) in [4.78, 5) is 20.9. The first-order valence-corrected chi connectivity index (χ1v) is 8.95. The number of rotatable bonds is 7. The highest BCUT2D eigenvalue weighted by Gasteiger charge is 2.14. The summed E-state index contributed by atoms with van der Waals surface area (Å²) < 4.78 is 17.4. The first-order chi connectivity index (χ1) is 14.2. The molecule has 0 saturated carbocycles. The fraction of sp³-hybridized carbons (Fsp3) is 0.200. The Labute approximate surface area is 166 Å². The summed E-state index contributed by atoms with van der Waals surface area (Å²) >= 11 is 0. The van der Waals surface area contributed by atoms with Gasteiger partial charge >= 0.3 is 0 Å². The van der Waals surface area contributed by atoms with E-state index in [0.717, 1.165) is 16.6 Å². The van der Waals surface area contributed by atoms with Gasteiger partial charge in [0.1, 0.15) is 6.33 Å². The SMILES string of the molecule is COc1ccc(-c2noc(CCC(=O)Nn3cnc4ccccc43)n2)cc1OC. The second kappa shape index (κ2) is 8.01. The molecular formula is C20H19N5O4. The highest BCUT2D eigenvalue weighted by atomic mass is 16.5. The van der Waals surface area contributed by atoms with Crippen LogP contribution in [0.1, 0.15) is 12.3 Å². The number of amides is 1. The van der Waals surface area contributed by atoms with E-state index < -0.39 is 0 Å². The maximum Gasteiger partial charge on any atom is 0.239 e. The predicted octanol–water partition coefficient (Wildman–Crippen LogP) is 2.81. The zero-order chi connectivity index (χ0) is 20.2. The molecule has 0 radical (unpaired) electrons. The van der Waals surface area contributed by atoms with Crippen LogP contribution in [0, 0.1) is 0 Å². The van der Waals surface area contributed by atoms with E-state index in [1.807, 2.05) is 30.3 Å². The minimum atomic E-state index is -0.181. The number of carbonyl (C=O) groups is 1. The molecule has 0 saturated heterocycles. The molecule has 0 fully saturated rings. The van der Waals surface area contributed by atoms with E-state index in [2.05, 4.69) is 20.6 Å². The van der Waals surface area contributed by atoms with Crippen LogP contribution in [-0.4, -0.2) is 39.9 Å². The van der Waals surface area contributed by atoms with Gasteiger partial charge in [0.2, 0.25) is 17.6 Å². The molecule has 0 aliphatic heterocycles. The molecule has 1 amide bonds. The lowest BCUT2D eigenvalue weighted by molar-refractivity contribution is -0.117. The van der Waals surface area contributed by atoms with Gasteiger partial charge in [-0.2, -0.15) is 4.98 Å². The number of aryl methyl sites for hydroxylation is 1. The van der Waals surface area contributed by atoms with Crippen LogP contribution in [0.4, 0.5) is 0 Å². The van der Waals surface area contributed by atoms with Crippen molar-refractivity contribution in [1.82, 2.24) is 19.8 Å². The summed E-state index contributed by atoms with van der Waals surface area (Å²) in [5.74, 6) is 1.80. The second-order valence-electron chi connectivity index (χ2n) is 6.22. The van der Waals surface area contributed by atoms with Crippen LogP contribution >= 0.6 is 0 Å².